The number of halogens is 5. The number of thioether (sulfide) groups is 1. The summed E-state index contributed by atoms with van der Waals surface area (Å²) in [6.45, 7) is 0. The zero-order valence-electron chi connectivity index (χ0n) is 8.71. The summed E-state index contributed by atoms with van der Waals surface area (Å²) in [6, 6.07) is 0. The molecule has 10 heteroatoms. The van der Waals surface area contributed by atoms with Crippen LogP contribution in [0.4, 0.5) is 22.0 Å². The van der Waals surface area contributed by atoms with Crippen molar-refractivity contribution in [1.29, 1.82) is 0 Å². The Balaban J connectivity index is 4.09. The Morgan fingerprint density at radius 3 is 2.06 bits per heavy atom. The second kappa shape index (κ2) is 6.32. The first-order valence-corrected chi connectivity index (χ1v) is 5.47. The van der Waals surface area contributed by atoms with Crippen molar-refractivity contribution < 1.29 is 41.8 Å². The van der Waals surface area contributed by atoms with Gasteiger partial charge in [-0.2, -0.15) is 22.0 Å². The van der Waals surface area contributed by atoms with E-state index in [0.29, 0.717) is 0 Å². The van der Waals surface area contributed by atoms with Gasteiger partial charge < -0.3 is 10.2 Å². The molecule has 0 aromatic carbocycles. The van der Waals surface area contributed by atoms with E-state index in [1.165, 1.54) is 0 Å². The van der Waals surface area contributed by atoms with Gasteiger partial charge in [-0.15, -0.1) is 0 Å². The van der Waals surface area contributed by atoms with Gasteiger partial charge in [-0.3, -0.25) is 4.79 Å². The van der Waals surface area contributed by atoms with Crippen LogP contribution in [0.1, 0.15) is 12.8 Å². The number of alkyl halides is 5. The Hall–Kier alpha value is -0.900. The number of carbonyl (C=O) groups excluding carboxylic acids is 1. The first-order valence-electron chi connectivity index (χ1n) is 4.48. The molecular weight excluding hydrogens is 287 g/mol. The van der Waals surface area contributed by atoms with Gasteiger partial charge in [0.15, 0.2) is 11.2 Å². The van der Waals surface area contributed by atoms with E-state index in [4.69, 9.17) is 10.2 Å². The molecule has 0 bridgehead atoms. The van der Waals surface area contributed by atoms with Crippen molar-refractivity contribution in [3.8, 4) is 0 Å². The van der Waals surface area contributed by atoms with Crippen LogP contribution < -0.4 is 0 Å². The number of hydrogen-bond acceptors (Lipinski definition) is 4. The smallest absolute Gasteiger partial charge is 0.453 e. The fourth-order valence-corrected chi connectivity index (χ4v) is 1.45. The van der Waals surface area contributed by atoms with Crippen LogP contribution in [0.15, 0.2) is 0 Å². The van der Waals surface area contributed by atoms with Gasteiger partial charge in [0.05, 0.1) is 0 Å². The lowest BCUT2D eigenvalue weighted by molar-refractivity contribution is -0.283. The fraction of sp³-hybridized carbons (Fsp3) is 0.750. The highest BCUT2D eigenvalue weighted by Crippen LogP contribution is 2.39. The van der Waals surface area contributed by atoms with Crippen LogP contribution in [0.5, 0.6) is 0 Å². The number of rotatable bonds is 6. The van der Waals surface area contributed by atoms with Crippen LogP contribution in [0.2, 0.25) is 0 Å². The van der Waals surface area contributed by atoms with Gasteiger partial charge in [0.1, 0.15) is 0 Å². The zero-order chi connectivity index (χ0) is 14.6. The van der Waals surface area contributed by atoms with Gasteiger partial charge in [-0.05, 0) is 0 Å². The van der Waals surface area contributed by atoms with E-state index in [1.807, 2.05) is 0 Å². The molecule has 0 amide bonds. The van der Waals surface area contributed by atoms with E-state index < -0.39 is 47.9 Å². The van der Waals surface area contributed by atoms with Crippen molar-refractivity contribution in [2.24, 2.45) is 0 Å². The lowest BCUT2D eigenvalue weighted by Gasteiger charge is -2.18. The van der Waals surface area contributed by atoms with Crippen LogP contribution in [0.3, 0.4) is 0 Å². The molecular formula is C8H9F5O4S. The normalized spacial score (nSPS) is 14.3. The molecule has 0 aliphatic carbocycles. The second-order valence-electron chi connectivity index (χ2n) is 3.24. The monoisotopic (exact) mass is 296 g/mol. The summed E-state index contributed by atoms with van der Waals surface area (Å²) < 4.78 is 59.9. The van der Waals surface area contributed by atoms with Crippen LogP contribution in [0, 0.1) is 0 Å². The van der Waals surface area contributed by atoms with Gasteiger partial charge in [0.2, 0.25) is 0 Å². The molecule has 0 heterocycles. The van der Waals surface area contributed by atoms with E-state index in [9.17, 15) is 31.5 Å². The number of aliphatic hydroxyl groups excluding tert-OH is 1. The van der Waals surface area contributed by atoms with Gasteiger partial charge in [0, 0.05) is 18.6 Å². The lowest BCUT2D eigenvalue weighted by Crippen LogP contribution is -2.36. The molecule has 0 rings (SSSR count). The molecule has 1 atom stereocenters. The third-order valence-electron chi connectivity index (χ3n) is 1.75. The predicted octanol–water partition coefficient (Wildman–Crippen LogP) is 1.67. The van der Waals surface area contributed by atoms with Crippen LogP contribution in [-0.4, -0.2) is 45.3 Å². The number of carbonyl (C=O) groups is 2. The highest BCUT2D eigenvalue weighted by molar-refractivity contribution is 8.13. The van der Waals surface area contributed by atoms with Gasteiger partial charge in [-0.25, -0.2) is 4.79 Å². The van der Waals surface area contributed by atoms with Crippen molar-refractivity contribution in [3.63, 3.8) is 0 Å². The molecule has 0 aromatic rings. The number of aliphatic hydroxyl groups is 1. The largest absolute Gasteiger partial charge is 0.479 e. The number of carboxylic acid groups (broad SMARTS) is 1. The Morgan fingerprint density at radius 2 is 1.67 bits per heavy atom. The Kier molecular flexibility index (Phi) is 6.00. The summed E-state index contributed by atoms with van der Waals surface area (Å²) >= 11 is 0.194. The maximum atomic E-state index is 12.4. The summed E-state index contributed by atoms with van der Waals surface area (Å²) in [5.41, 5.74) is 0. The fourth-order valence-electron chi connectivity index (χ4n) is 0.716. The SMILES string of the molecule is O=C(CCC(F)(F)C(F)(F)F)SCC(O)C(=O)O. The van der Waals surface area contributed by atoms with Crippen LogP contribution in [0.25, 0.3) is 0 Å². The van der Waals surface area contributed by atoms with Gasteiger partial charge >= 0.3 is 18.1 Å². The summed E-state index contributed by atoms with van der Waals surface area (Å²) in [7, 11) is 0. The third kappa shape index (κ3) is 5.63. The average Bonchev–Trinajstić information content (AvgIpc) is 2.21. The van der Waals surface area contributed by atoms with E-state index >= 15 is 0 Å². The molecule has 0 aromatic heterocycles. The molecule has 0 saturated carbocycles. The van der Waals surface area contributed by atoms with Crippen molar-refractivity contribution in [2.45, 2.75) is 31.0 Å². The first kappa shape index (κ1) is 17.1. The Labute approximate surface area is 102 Å². The van der Waals surface area contributed by atoms with Crippen molar-refractivity contribution >= 4 is 22.8 Å². The molecule has 2 N–H and O–H groups in total. The maximum absolute atomic E-state index is 12.4. The number of carboxylic acids is 1. The van der Waals surface area contributed by atoms with Crippen LogP contribution >= 0.6 is 11.8 Å². The minimum Gasteiger partial charge on any atom is -0.479 e. The minimum absolute atomic E-state index is 0.194. The van der Waals surface area contributed by atoms with E-state index in [1.54, 1.807) is 0 Å². The molecule has 0 aliphatic rings. The Morgan fingerprint density at radius 1 is 1.17 bits per heavy atom. The van der Waals surface area contributed by atoms with Gasteiger partial charge in [-0.1, -0.05) is 11.8 Å². The quantitative estimate of drug-likeness (QED) is 0.729. The number of aliphatic carboxylic acids is 1. The standard InChI is InChI=1S/C8H9F5O4S/c9-7(10,8(11,12)13)2-1-5(15)18-3-4(14)6(16)17/h4,14H,1-3H2,(H,16,17). The molecule has 106 valence electrons. The second-order valence-corrected chi connectivity index (χ2v) is 4.32. The molecule has 0 spiro atoms. The predicted molar refractivity (Wildman–Crippen MR) is 51.3 cm³/mol. The topological polar surface area (TPSA) is 74.6 Å². The molecule has 0 fully saturated rings. The van der Waals surface area contributed by atoms with Crippen molar-refractivity contribution in [2.75, 3.05) is 5.75 Å². The first-order chi connectivity index (χ1) is 7.97. The summed E-state index contributed by atoms with van der Waals surface area (Å²) in [5, 5.41) is 15.9. The van der Waals surface area contributed by atoms with Crippen molar-refractivity contribution in [1.82, 2.24) is 0 Å². The zero-order valence-corrected chi connectivity index (χ0v) is 9.52. The summed E-state index contributed by atoms with van der Waals surface area (Å²) in [4.78, 5) is 21.0. The molecule has 0 aliphatic heterocycles. The molecule has 0 saturated heterocycles. The minimum atomic E-state index is -5.72. The highest BCUT2D eigenvalue weighted by atomic mass is 32.2. The van der Waals surface area contributed by atoms with Crippen molar-refractivity contribution in [3.05, 3.63) is 0 Å². The molecule has 18 heavy (non-hydrogen) atoms. The van der Waals surface area contributed by atoms with E-state index in [0.717, 1.165) is 0 Å². The Bertz CT molecular complexity index is 317. The van der Waals surface area contributed by atoms with E-state index in [-0.39, 0.29) is 11.8 Å². The number of hydrogen-bond donors (Lipinski definition) is 2. The third-order valence-corrected chi connectivity index (χ3v) is 2.75. The van der Waals surface area contributed by atoms with Gasteiger partial charge in [0.25, 0.3) is 0 Å². The summed E-state index contributed by atoms with van der Waals surface area (Å²) in [6.07, 6.45) is -10.4. The highest BCUT2D eigenvalue weighted by Gasteiger charge is 2.56. The summed E-state index contributed by atoms with van der Waals surface area (Å²) in [5.74, 6) is -7.18. The van der Waals surface area contributed by atoms with E-state index in [2.05, 4.69) is 0 Å². The molecule has 4 nitrogen and oxygen atoms in total. The van der Waals surface area contributed by atoms with Crippen LogP contribution in [-0.2, 0) is 9.59 Å². The lowest BCUT2D eigenvalue weighted by atomic mass is 10.2. The molecule has 1 unspecified atom stereocenters. The molecule has 0 radical (unpaired) electrons. The maximum Gasteiger partial charge on any atom is 0.453 e. The average molecular weight is 296 g/mol.